The Bertz CT molecular complexity index is 3730. The molecular weight excluding hydrogens is 777 g/mol. The number of amidine groups is 1. The van der Waals surface area contributed by atoms with Crippen molar-refractivity contribution in [1.29, 1.82) is 0 Å². The fourth-order valence-corrected chi connectivity index (χ4v) is 10.2. The van der Waals surface area contributed by atoms with E-state index >= 15 is 0 Å². The number of para-hydroxylation sites is 2. The summed E-state index contributed by atoms with van der Waals surface area (Å²) in [4.78, 5) is 5.29. The van der Waals surface area contributed by atoms with Crippen molar-refractivity contribution in [2.45, 2.75) is 6.04 Å². The van der Waals surface area contributed by atoms with E-state index < -0.39 is 0 Å². The van der Waals surface area contributed by atoms with E-state index in [-0.39, 0.29) is 6.04 Å². The maximum Gasteiger partial charge on any atom is 0.134 e. The Morgan fingerprint density at radius 3 is 1.69 bits per heavy atom. The number of hydrogen-bond acceptors (Lipinski definition) is 2. The summed E-state index contributed by atoms with van der Waals surface area (Å²) < 4.78 is 4.81. The van der Waals surface area contributed by atoms with Crippen LogP contribution in [0.25, 0.3) is 87.9 Å². The van der Waals surface area contributed by atoms with E-state index in [1.54, 1.807) is 0 Å². The van der Waals surface area contributed by atoms with Crippen LogP contribution in [0.15, 0.2) is 236 Å². The number of benzene rings is 10. The van der Waals surface area contributed by atoms with E-state index in [1.165, 1.54) is 82.1 Å². The molecule has 12 aromatic rings. The molecule has 0 saturated carbocycles. The Labute approximate surface area is 370 Å². The Morgan fingerprint density at radius 2 is 0.984 bits per heavy atom. The number of hydrogen-bond donors (Lipinski definition) is 1. The zero-order valence-corrected chi connectivity index (χ0v) is 34.9. The van der Waals surface area contributed by atoms with Gasteiger partial charge in [-0.3, -0.25) is 0 Å². The first-order valence-corrected chi connectivity index (χ1v) is 22.0. The van der Waals surface area contributed by atoms with Crippen LogP contribution in [0.4, 0.5) is 5.69 Å². The molecule has 0 bridgehead atoms. The molecule has 1 N–H and O–H groups in total. The van der Waals surface area contributed by atoms with Crippen LogP contribution < -0.4 is 5.32 Å². The second kappa shape index (κ2) is 14.6. The molecule has 13 rings (SSSR count). The van der Waals surface area contributed by atoms with Crippen LogP contribution in [0.3, 0.4) is 0 Å². The lowest BCUT2D eigenvalue weighted by Gasteiger charge is -2.28. The van der Waals surface area contributed by atoms with E-state index in [1.807, 2.05) is 0 Å². The van der Waals surface area contributed by atoms with Crippen LogP contribution in [0.2, 0.25) is 0 Å². The molecule has 0 amide bonds. The lowest BCUT2D eigenvalue weighted by molar-refractivity contribution is 0.750. The number of fused-ring (bicyclic) bond motifs is 11. The van der Waals surface area contributed by atoms with Gasteiger partial charge in [-0.05, 0) is 117 Å². The minimum absolute atomic E-state index is 0.117. The minimum atomic E-state index is -0.117. The van der Waals surface area contributed by atoms with Gasteiger partial charge in [0, 0.05) is 50.2 Å². The Hall–Kier alpha value is -8.47. The molecule has 1 atom stereocenters. The number of aliphatic imine (C=N–C) groups is 1. The van der Waals surface area contributed by atoms with Gasteiger partial charge >= 0.3 is 0 Å². The van der Waals surface area contributed by atoms with Crippen molar-refractivity contribution in [3.8, 4) is 33.6 Å². The number of nitrogens with one attached hydrogen (secondary N) is 1. The summed E-state index contributed by atoms with van der Waals surface area (Å²) in [5.41, 5.74) is 14.9. The Morgan fingerprint density at radius 1 is 0.391 bits per heavy atom. The number of nitrogens with zero attached hydrogens (tertiary/aromatic N) is 3. The van der Waals surface area contributed by atoms with E-state index in [4.69, 9.17) is 4.99 Å². The first-order valence-electron chi connectivity index (χ1n) is 22.0. The van der Waals surface area contributed by atoms with E-state index in [2.05, 4.69) is 245 Å². The van der Waals surface area contributed by atoms with Crippen molar-refractivity contribution in [3.05, 3.63) is 247 Å². The van der Waals surface area contributed by atoms with Crippen molar-refractivity contribution < 1.29 is 0 Å². The molecule has 0 saturated heterocycles. The Balaban J connectivity index is 0.987. The SMILES string of the molecule is c1ccc(-c2cc(-c3ccccc3)cc(C3NC(c4ccc(-n5c6c(ccc7c6ccn7-c6ccccc6)c6c7ccccc7c7ccccc7c65)cc4)=Nc4ccccc43)c2)cc1. The van der Waals surface area contributed by atoms with Gasteiger partial charge in [-0.2, -0.15) is 0 Å². The van der Waals surface area contributed by atoms with Crippen molar-refractivity contribution in [1.82, 2.24) is 14.5 Å². The molecule has 2 aromatic heterocycles. The summed E-state index contributed by atoms with van der Waals surface area (Å²) >= 11 is 0. The quantitative estimate of drug-likeness (QED) is 0.167. The van der Waals surface area contributed by atoms with Gasteiger partial charge in [0.25, 0.3) is 0 Å². The minimum Gasteiger partial charge on any atom is -0.359 e. The Kier molecular flexibility index (Phi) is 8.25. The standard InChI is InChI=1S/C60H40N4/c1-4-16-39(17-5-1)42-36-43(40-18-6-2-7-19-40)38-44(37-42)57-51-26-14-15-27-54(51)61-60(62-57)41-28-30-46(31-29-41)64-58-52-34-35-63(45-20-8-3-9-21-45)55(52)33-32-53(58)56-49-24-12-10-22-47(49)48-23-11-13-25-50(48)59(56)64/h1-38,57H,(H,61,62). The first-order chi connectivity index (χ1) is 31.7. The second-order valence-electron chi connectivity index (χ2n) is 16.8. The van der Waals surface area contributed by atoms with Gasteiger partial charge in [-0.15, -0.1) is 0 Å². The average molecular weight is 817 g/mol. The molecule has 1 aliphatic rings. The third-order valence-electron chi connectivity index (χ3n) is 13.2. The molecule has 4 nitrogen and oxygen atoms in total. The maximum absolute atomic E-state index is 5.29. The predicted molar refractivity (Wildman–Crippen MR) is 268 cm³/mol. The fourth-order valence-electron chi connectivity index (χ4n) is 10.2. The molecule has 4 heteroatoms. The first kappa shape index (κ1) is 36.2. The summed E-state index contributed by atoms with van der Waals surface area (Å²) in [5, 5.41) is 12.7. The number of aromatic nitrogens is 2. The third-order valence-corrected chi connectivity index (χ3v) is 13.2. The van der Waals surface area contributed by atoms with Crippen molar-refractivity contribution in [2.24, 2.45) is 4.99 Å². The van der Waals surface area contributed by atoms with Gasteiger partial charge in [0.1, 0.15) is 5.84 Å². The smallest absolute Gasteiger partial charge is 0.134 e. The molecule has 0 radical (unpaired) electrons. The molecule has 1 aliphatic heterocycles. The lowest BCUT2D eigenvalue weighted by atomic mass is 9.89. The van der Waals surface area contributed by atoms with Crippen LogP contribution in [-0.2, 0) is 0 Å². The summed E-state index contributed by atoms with van der Waals surface area (Å²) in [5.74, 6) is 0.850. The van der Waals surface area contributed by atoms with Crippen LogP contribution in [0.5, 0.6) is 0 Å². The van der Waals surface area contributed by atoms with E-state index in [9.17, 15) is 0 Å². The number of rotatable bonds is 6. The molecule has 64 heavy (non-hydrogen) atoms. The highest BCUT2D eigenvalue weighted by Crippen LogP contribution is 2.45. The summed E-state index contributed by atoms with van der Waals surface area (Å²) in [6.45, 7) is 0. The second-order valence-corrected chi connectivity index (χ2v) is 16.8. The molecular formula is C60H40N4. The highest BCUT2D eigenvalue weighted by molar-refractivity contribution is 6.34. The third kappa shape index (κ3) is 5.73. The van der Waals surface area contributed by atoms with E-state index in [0.29, 0.717) is 0 Å². The predicted octanol–water partition coefficient (Wildman–Crippen LogP) is 15.1. The molecule has 0 fully saturated rings. The van der Waals surface area contributed by atoms with Crippen molar-refractivity contribution >= 4 is 65.8 Å². The van der Waals surface area contributed by atoms with Crippen LogP contribution >= 0.6 is 0 Å². The van der Waals surface area contributed by atoms with E-state index in [0.717, 1.165) is 34.0 Å². The molecule has 300 valence electrons. The van der Waals surface area contributed by atoms with Gasteiger partial charge in [0.05, 0.1) is 28.3 Å². The van der Waals surface area contributed by atoms with Crippen LogP contribution in [-0.4, -0.2) is 15.0 Å². The summed E-state index contributed by atoms with van der Waals surface area (Å²) in [6, 6.07) is 81.1. The van der Waals surface area contributed by atoms with Crippen LogP contribution in [0, 0.1) is 0 Å². The molecule has 10 aromatic carbocycles. The van der Waals surface area contributed by atoms with Gasteiger partial charge in [-0.1, -0.05) is 152 Å². The van der Waals surface area contributed by atoms with Gasteiger partial charge in [0.2, 0.25) is 0 Å². The zero-order chi connectivity index (χ0) is 42.1. The highest BCUT2D eigenvalue weighted by Gasteiger charge is 2.26. The fraction of sp³-hybridized carbons (Fsp3) is 0.0167. The topological polar surface area (TPSA) is 34.2 Å². The largest absolute Gasteiger partial charge is 0.359 e. The zero-order valence-electron chi connectivity index (χ0n) is 34.9. The highest BCUT2D eigenvalue weighted by atomic mass is 15.1. The molecule has 3 heterocycles. The average Bonchev–Trinajstić information content (AvgIpc) is 3.97. The molecule has 0 spiro atoms. The molecule has 0 aliphatic carbocycles. The van der Waals surface area contributed by atoms with Crippen molar-refractivity contribution in [2.75, 3.05) is 0 Å². The van der Waals surface area contributed by atoms with Crippen molar-refractivity contribution in [3.63, 3.8) is 0 Å². The van der Waals surface area contributed by atoms with Gasteiger partial charge in [-0.25, -0.2) is 4.99 Å². The lowest BCUT2D eigenvalue weighted by Crippen LogP contribution is -2.32. The van der Waals surface area contributed by atoms with Crippen LogP contribution in [0.1, 0.15) is 22.7 Å². The molecule has 1 unspecified atom stereocenters. The normalized spacial score (nSPS) is 13.7. The van der Waals surface area contributed by atoms with Gasteiger partial charge < -0.3 is 14.5 Å². The van der Waals surface area contributed by atoms with Gasteiger partial charge in [0.15, 0.2) is 0 Å². The monoisotopic (exact) mass is 816 g/mol. The summed E-state index contributed by atoms with van der Waals surface area (Å²) in [7, 11) is 0. The maximum atomic E-state index is 5.29. The summed E-state index contributed by atoms with van der Waals surface area (Å²) in [6.07, 6.45) is 2.21.